The molecule has 2 nitrogen and oxygen atoms in total. The topological polar surface area (TPSA) is 63.0 Å². The summed E-state index contributed by atoms with van der Waals surface area (Å²) in [6.45, 7) is 0. The Morgan fingerprint density at radius 1 is 0.500 bits per heavy atom. The summed E-state index contributed by atoms with van der Waals surface area (Å²) in [7, 11) is 0. The van der Waals surface area contributed by atoms with E-state index in [1.807, 2.05) is 0 Å². The molecule has 0 aromatic rings. The van der Waals surface area contributed by atoms with Gasteiger partial charge in [0.05, 0.1) is 0 Å². The molecule has 0 unspecified atom stereocenters. The predicted octanol–water partition coefficient (Wildman–Crippen LogP) is -3.48. The maximum absolute atomic E-state index is 0. The van der Waals surface area contributed by atoms with E-state index in [4.69, 9.17) is 0 Å². The molecule has 4 N–H and O–H groups in total. The summed E-state index contributed by atoms with van der Waals surface area (Å²) in [5.74, 6) is 0. The number of hydrogen-bond donors (Lipinski definition) is 0. The first-order valence-electron chi connectivity index (χ1n) is 0. The predicted molar refractivity (Wildman–Crippen MR) is 24.3 cm³/mol. The molecule has 28 valence electrons. The zero-order valence-electron chi connectivity index (χ0n) is 2.41. The van der Waals surface area contributed by atoms with Gasteiger partial charge in [0.1, 0.15) is 0 Å². The van der Waals surface area contributed by atoms with Crippen LogP contribution in [0.3, 0.4) is 0 Å². The van der Waals surface area contributed by atoms with Gasteiger partial charge in [-0.2, -0.15) is 0 Å². The van der Waals surface area contributed by atoms with E-state index in [9.17, 15) is 0 Å². The number of hydrogen-bond acceptors (Lipinski definition) is 0. The molecule has 0 aromatic heterocycles. The summed E-state index contributed by atoms with van der Waals surface area (Å²) in [6, 6.07) is 0. The summed E-state index contributed by atoms with van der Waals surface area (Å²) in [5.41, 5.74) is 0. The molecule has 0 saturated carbocycles. The first-order chi connectivity index (χ1) is 0. The Bertz CT molecular complexity index is 4.00. The summed E-state index contributed by atoms with van der Waals surface area (Å²) in [4.78, 5) is 0. The van der Waals surface area contributed by atoms with Crippen molar-refractivity contribution in [3.05, 3.63) is 0 Å². The second-order valence-electron chi connectivity index (χ2n) is 0. The molecule has 0 aliphatic carbocycles. The molecule has 0 rings (SSSR count). The Morgan fingerprint density at radius 2 is 0.500 bits per heavy atom. The maximum atomic E-state index is 0. The van der Waals surface area contributed by atoms with E-state index >= 15 is 0 Å². The average Bonchev–Trinajstić information content (AvgIpc) is 0. The van der Waals surface area contributed by atoms with E-state index in [1.54, 1.807) is 0 Å². The van der Waals surface area contributed by atoms with Crippen molar-refractivity contribution in [1.82, 2.24) is 0 Å². The van der Waals surface area contributed by atoms with Gasteiger partial charge in [0.25, 0.3) is 0 Å². The minimum absolute atomic E-state index is 0. The Labute approximate surface area is 64.9 Å². The molecular weight excluding hydrogens is 446 g/mol. The molecule has 4 radical (unpaired) electrons. The van der Waals surface area contributed by atoms with Crippen molar-refractivity contribution in [2.45, 2.75) is 0 Å². The van der Waals surface area contributed by atoms with Gasteiger partial charge in [0.2, 0.25) is 0 Å². The van der Waals surface area contributed by atoms with Crippen molar-refractivity contribution in [1.29, 1.82) is 0 Å². The fourth-order valence-corrected chi connectivity index (χ4v) is 0. The van der Waals surface area contributed by atoms with Gasteiger partial charge in [-0.25, -0.2) is 0 Å². The summed E-state index contributed by atoms with van der Waals surface area (Å²) >= 11 is 0. The molecule has 0 bridgehead atoms. The first kappa shape index (κ1) is 42.0. The van der Waals surface area contributed by atoms with Crippen LogP contribution in [0.2, 0.25) is 0 Å². The standard InChI is InChI=1S/2H2O.2Pb.4H/h2*1H2;;;;;;. The molecule has 0 fully saturated rings. The molecule has 0 heterocycles. The summed E-state index contributed by atoms with van der Waals surface area (Å²) in [5, 5.41) is 0. The Balaban J connectivity index is 0. The summed E-state index contributed by atoms with van der Waals surface area (Å²) in [6.07, 6.45) is 0. The molecule has 0 amide bonds. The van der Waals surface area contributed by atoms with Crippen molar-refractivity contribution < 1.29 is 11.0 Å². The Hall–Kier alpha value is 1.76. The normalized spacial score (nSPS) is 0. The van der Waals surface area contributed by atoms with Gasteiger partial charge >= 0.3 is 54.6 Å². The molecule has 0 atom stereocenters. The van der Waals surface area contributed by atoms with Crippen LogP contribution in [-0.2, 0) is 0 Å². The van der Waals surface area contributed by atoms with Crippen LogP contribution in [0.1, 0.15) is 0 Å². The average molecular weight is 454 g/mol. The van der Waals surface area contributed by atoms with Crippen molar-refractivity contribution >= 4 is 54.6 Å². The first-order valence-corrected chi connectivity index (χ1v) is 0. The van der Waals surface area contributed by atoms with E-state index in [0.29, 0.717) is 0 Å². The third kappa shape index (κ3) is 9.24. The van der Waals surface area contributed by atoms with Gasteiger partial charge in [0, 0.05) is 0 Å². The van der Waals surface area contributed by atoms with Crippen molar-refractivity contribution in [3.63, 3.8) is 0 Å². The van der Waals surface area contributed by atoms with Crippen molar-refractivity contribution in [3.8, 4) is 0 Å². The van der Waals surface area contributed by atoms with Gasteiger partial charge in [-0.1, -0.05) is 0 Å². The fraction of sp³-hybridized carbons (Fsp3) is 0. The molecule has 0 aromatic carbocycles. The Kier molecular flexibility index (Phi) is 228. The second kappa shape index (κ2) is 21.7. The van der Waals surface area contributed by atoms with Crippen molar-refractivity contribution in [2.24, 2.45) is 0 Å². The van der Waals surface area contributed by atoms with Crippen LogP contribution < -0.4 is 0 Å². The number of rotatable bonds is 0. The van der Waals surface area contributed by atoms with E-state index in [2.05, 4.69) is 0 Å². The third-order valence-corrected chi connectivity index (χ3v) is 0. The van der Waals surface area contributed by atoms with Crippen LogP contribution in [0.15, 0.2) is 0 Å². The van der Waals surface area contributed by atoms with E-state index in [0.717, 1.165) is 0 Å². The molecule has 0 aliphatic heterocycles. The molecule has 0 spiro atoms. The molecular formula is H8O2Pb2. The van der Waals surface area contributed by atoms with Gasteiger partial charge in [-0.05, 0) is 0 Å². The van der Waals surface area contributed by atoms with Crippen molar-refractivity contribution in [2.75, 3.05) is 0 Å². The van der Waals surface area contributed by atoms with Crippen LogP contribution in [0.4, 0.5) is 0 Å². The SMILES string of the molecule is O.O.[PbH2].[PbH2]. The third-order valence-electron chi connectivity index (χ3n) is 0. The van der Waals surface area contributed by atoms with Gasteiger partial charge in [-0.3, -0.25) is 0 Å². The Morgan fingerprint density at radius 3 is 0.500 bits per heavy atom. The van der Waals surface area contributed by atoms with E-state index in [1.165, 1.54) is 0 Å². The molecule has 4 heteroatoms. The quantitative estimate of drug-likeness (QED) is 0.342. The van der Waals surface area contributed by atoms with Gasteiger partial charge in [-0.15, -0.1) is 0 Å². The van der Waals surface area contributed by atoms with Crippen LogP contribution >= 0.6 is 0 Å². The monoisotopic (exact) mass is 456 g/mol. The summed E-state index contributed by atoms with van der Waals surface area (Å²) < 4.78 is 0. The fourth-order valence-electron chi connectivity index (χ4n) is 0. The zero-order chi connectivity index (χ0) is 0. The van der Waals surface area contributed by atoms with Crippen LogP contribution in [0, 0.1) is 0 Å². The van der Waals surface area contributed by atoms with E-state index in [-0.39, 0.29) is 65.5 Å². The molecule has 0 saturated heterocycles. The van der Waals surface area contributed by atoms with Gasteiger partial charge < -0.3 is 11.0 Å². The van der Waals surface area contributed by atoms with Crippen LogP contribution in [0.5, 0.6) is 0 Å². The minimum atomic E-state index is 0. The van der Waals surface area contributed by atoms with Crippen LogP contribution in [-0.4, -0.2) is 65.5 Å². The van der Waals surface area contributed by atoms with E-state index < -0.39 is 0 Å². The second-order valence-corrected chi connectivity index (χ2v) is 0. The van der Waals surface area contributed by atoms with Crippen LogP contribution in [0.25, 0.3) is 0 Å². The zero-order valence-corrected chi connectivity index (χ0v) is 13.4. The molecule has 4 heavy (non-hydrogen) atoms. The molecule has 0 aliphatic rings. The van der Waals surface area contributed by atoms with Gasteiger partial charge in [0.15, 0.2) is 0 Å².